The number of anilines is 2. The van der Waals surface area contributed by atoms with Crippen molar-refractivity contribution in [2.75, 3.05) is 23.4 Å². The molecule has 1 aliphatic rings. The lowest BCUT2D eigenvalue weighted by atomic mass is 10.0. The molecule has 0 saturated carbocycles. The first-order valence-electron chi connectivity index (χ1n) is 10.6. The molecule has 2 amide bonds. The number of ether oxygens (including phenoxy) is 2. The Morgan fingerprint density at radius 3 is 2.21 bits per heavy atom. The summed E-state index contributed by atoms with van der Waals surface area (Å²) in [7, 11) is 0. The summed E-state index contributed by atoms with van der Waals surface area (Å²) in [5, 5.41) is 3.09. The van der Waals surface area contributed by atoms with Crippen molar-refractivity contribution in [1.82, 2.24) is 0 Å². The molecule has 0 aromatic heterocycles. The molecule has 1 aliphatic heterocycles. The smallest absolute Gasteiger partial charge is 0.282 e. The predicted molar refractivity (Wildman–Crippen MR) is 125 cm³/mol. The molecule has 0 unspecified atom stereocenters. The Morgan fingerprint density at radius 2 is 1.52 bits per heavy atom. The zero-order valence-corrected chi connectivity index (χ0v) is 18.3. The van der Waals surface area contributed by atoms with Crippen molar-refractivity contribution >= 4 is 28.8 Å². The van der Waals surface area contributed by atoms with Crippen LogP contribution in [0.2, 0.25) is 0 Å². The largest absolute Gasteiger partial charge is 0.494 e. The van der Waals surface area contributed by atoms with Crippen LogP contribution >= 0.6 is 0 Å². The molecule has 6 nitrogen and oxygen atoms in total. The predicted octanol–water partition coefficient (Wildman–Crippen LogP) is 5.02. The molecule has 33 heavy (non-hydrogen) atoms. The van der Waals surface area contributed by atoms with E-state index in [-0.39, 0.29) is 17.0 Å². The van der Waals surface area contributed by atoms with Crippen LogP contribution in [0.25, 0.3) is 5.57 Å². The van der Waals surface area contributed by atoms with Gasteiger partial charge in [-0.15, -0.1) is 0 Å². The molecule has 0 radical (unpaired) electrons. The van der Waals surface area contributed by atoms with Crippen LogP contribution in [0, 0.1) is 5.82 Å². The van der Waals surface area contributed by atoms with E-state index in [1.807, 2.05) is 13.8 Å². The fraction of sp³-hybridized carbons (Fsp3) is 0.154. The highest BCUT2D eigenvalue weighted by molar-refractivity contribution is 6.46. The number of hydrogen-bond donors (Lipinski definition) is 1. The Morgan fingerprint density at radius 1 is 0.818 bits per heavy atom. The molecule has 4 rings (SSSR count). The van der Waals surface area contributed by atoms with Crippen LogP contribution in [0.4, 0.5) is 15.8 Å². The molecule has 0 atom stereocenters. The van der Waals surface area contributed by atoms with Gasteiger partial charge < -0.3 is 14.8 Å². The van der Waals surface area contributed by atoms with E-state index < -0.39 is 17.6 Å². The van der Waals surface area contributed by atoms with Crippen molar-refractivity contribution in [2.24, 2.45) is 0 Å². The number of rotatable bonds is 8. The van der Waals surface area contributed by atoms with Gasteiger partial charge in [0, 0.05) is 11.8 Å². The molecular weight excluding hydrogens is 423 g/mol. The van der Waals surface area contributed by atoms with E-state index in [2.05, 4.69) is 5.32 Å². The Bertz CT molecular complexity index is 1220. The van der Waals surface area contributed by atoms with Crippen molar-refractivity contribution in [3.8, 4) is 11.5 Å². The Hall–Kier alpha value is -4.13. The molecule has 168 valence electrons. The third-order valence-electron chi connectivity index (χ3n) is 5.02. The zero-order chi connectivity index (χ0) is 23.4. The summed E-state index contributed by atoms with van der Waals surface area (Å²) in [6, 6.07) is 19.4. The van der Waals surface area contributed by atoms with Crippen LogP contribution in [0.1, 0.15) is 19.4 Å². The van der Waals surface area contributed by atoms with Crippen LogP contribution in [0.3, 0.4) is 0 Å². The van der Waals surface area contributed by atoms with E-state index in [1.165, 1.54) is 18.2 Å². The SMILES string of the molecule is CCOc1ccc(C2=C(Nc3cccc(OCC)c3)C(=O)N(c3cccc(F)c3)C2=O)cc1. The van der Waals surface area contributed by atoms with Gasteiger partial charge in [-0.25, -0.2) is 9.29 Å². The van der Waals surface area contributed by atoms with Gasteiger partial charge in [-0.1, -0.05) is 24.3 Å². The minimum Gasteiger partial charge on any atom is -0.494 e. The summed E-state index contributed by atoms with van der Waals surface area (Å²) in [6.07, 6.45) is 0. The Labute approximate surface area is 191 Å². The standard InChI is InChI=1S/C26H23FN2O4/c1-3-32-21-13-11-17(12-14-21)23-24(28-19-8-6-10-22(16-19)33-4-2)26(31)29(25(23)30)20-9-5-7-18(27)15-20/h5-16,28H,3-4H2,1-2H3. The molecular formula is C26H23FN2O4. The van der Waals surface area contributed by atoms with E-state index in [0.29, 0.717) is 36.0 Å². The van der Waals surface area contributed by atoms with E-state index >= 15 is 0 Å². The van der Waals surface area contributed by atoms with Crippen molar-refractivity contribution < 1.29 is 23.5 Å². The molecule has 7 heteroatoms. The molecule has 3 aromatic rings. The molecule has 1 N–H and O–H groups in total. The number of carbonyl (C=O) groups is 2. The summed E-state index contributed by atoms with van der Waals surface area (Å²) in [5.41, 5.74) is 1.57. The maximum Gasteiger partial charge on any atom is 0.282 e. The van der Waals surface area contributed by atoms with Crippen LogP contribution in [0.5, 0.6) is 11.5 Å². The van der Waals surface area contributed by atoms with Gasteiger partial charge in [-0.3, -0.25) is 9.59 Å². The van der Waals surface area contributed by atoms with Gasteiger partial charge in [0.05, 0.1) is 24.5 Å². The number of nitrogens with one attached hydrogen (secondary N) is 1. The second-order valence-corrected chi connectivity index (χ2v) is 7.22. The van der Waals surface area contributed by atoms with Gasteiger partial charge in [-0.2, -0.15) is 0 Å². The lowest BCUT2D eigenvalue weighted by Crippen LogP contribution is -2.32. The summed E-state index contributed by atoms with van der Waals surface area (Å²) in [4.78, 5) is 27.8. The maximum atomic E-state index is 13.9. The topological polar surface area (TPSA) is 67.9 Å². The molecule has 0 bridgehead atoms. The first kappa shape index (κ1) is 22.1. The average molecular weight is 446 g/mol. The molecule has 0 saturated heterocycles. The number of amides is 2. The number of benzene rings is 3. The summed E-state index contributed by atoms with van der Waals surface area (Å²) in [6.45, 7) is 4.76. The third kappa shape index (κ3) is 4.57. The highest BCUT2D eigenvalue weighted by Gasteiger charge is 2.40. The van der Waals surface area contributed by atoms with Crippen molar-refractivity contribution in [3.63, 3.8) is 0 Å². The third-order valence-corrected chi connectivity index (χ3v) is 5.02. The molecule has 0 spiro atoms. The van der Waals surface area contributed by atoms with Gasteiger partial charge in [-0.05, 0) is 61.9 Å². The van der Waals surface area contributed by atoms with Gasteiger partial charge in [0.15, 0.2) is 0 Å². The second kappa shape index (κ2) is 9.56. The molecule has 0 fully saturated rings. The normalized spacial score (nSPS) is 13.5. The van der Waals surface area contributed by atoms with Gasteiger partial charge in [0.25, 0.3) is 11.8 Å². The van der Waals surface area contributed by atoms with Gasteiger partial charge >= 0.3 is 0 Å². The van der Waals surface area contributed by atoms with E-state index in [0.717, 1.165) is 11.0 Å². The fourth-order valence-corrected chi connectivity index (χ4v) is 3.62. The number of imide groups is 1. The lowest BCUT2D eigenvalue weighted by Gasteiger charge is -2.15. The first-order chi connectivity index (χ1) is 16.0. The monoisotopic (exact) mass is 446 g/mol. The van der Waals surface area contributed by atoms with Crippen LogP contribution in [-0.2, 0) is 9.59 Å². The summed E-state index contributed by atoms with van der Waals surface area (Å²) in [5.74, 6) is -0.375. The van der Waals surface area contributed by atoms with Crippen molar-refractivity contribution in [2.45, 2.75) is 13.8 Å². The Kier molecular flexibility index (Phi) is 6.40. The summed E-state index contributed by atoms with van der Waals surface area (Å²) >= 11 is 0. The number of nitrogens with zero attached hydrogens (tertiary/aromatic N) is 1. The quantitative estimate of drug-likeness (QED) is 0.492. The number of halogens is 1. The highest BCUT2D eigenvalue weighted by Crippen LogP contribution is 2.35. The molecule has 0 aliphatic carbocycles. The number of carbonyl (C=O) groups excluding carboxylic acids is 2. The molecule has 3 aromatic carbocycles. The number of hydrogen-bond acceptors (Lipinski definition) is 5. The van der Waals surface area contributed by atoms with Crippen molar-refractivity contribution in [1.29, 1.82) is 0 Å². The van der Waals surface area contributed by atoms with Crippen LogP contribution in [-0.4, -0.2) is 25.0 Å². The fourth-order valence-electron chi connectivity index (χ4n) is 3.62. The zero-order valence-electron chi connectivity index (χ0n) is 18.3. The van der Waals surface area contributed by atoms with E-state index in [9.17, 15) is 14.0 Å². The second-order valence-electron chi connectivity index (χ2n) is 7.22. The van der Waals surface area contributed by atoms with Crippen LogP contribution in [0.15, 0.2) is 78.5 Å². The molecule has 1 heterocycles. The lowest BCUT2D eigenvalue weighted by molar-refractivity contribution is -0.120. The summed E-state index contributed by atoms with van der Waals surface area (Å²) < 4.78 is 24.9. The minimum atomic E-state index is -0.573. The van der Waals surface area contributed by atoms with E-state index in [4.69, 9.17) is 9.47 Å². The van der Waals surface area contributed by atoms with Gasteiger partial charge in [0.2, 0.25) is 0 Å². The average Bonchev–Trinajstić information content (AvgIpc) is 3.04. The first-order valence-corrected chi connectivity index (χ1v) is 10.6. The maximum absolute atomic E-state index is 13.9. The Balaban J connectivity index is 1.78. The van der Waals surface area contributed by atoms with Crippen molar-refractivity contribution in [3.05, 3.63) is 89.9 Å². The van der Waals surface area contributed by atoms with E-state index in [1.54, 1.807) is 48.5 Å². The minimum absolute atomic E-state index is 0.0991. The van der Waals surface area contributed by atoms with Crippen LogP contribution < -0.4 is 19.7 Å². The van der Waals surface area contributed by atoms with Gasteiger partial charge in [0.1, 0.15) is 23.0 Å². The highest BCUT2D eigenvalue weighted by atomic mass is 19.1.